The van der Waals surface area contributed by atoms with E-state index in [-0.39, 0.29) is 11.9 Å². The highest BCUT2D eigenvalue weighted by Crippen LogP contribution is 2.07. The molecule has 0 rings (SSSR count). The molecule has 0 saturated heterocycles. The van der Waals surface area contributed by atoms with Crippen LogP contribution in [0.1, 0.15) is 20.3 Å². The van der Waals surface area contributed by atoms with Gasteiger partial charge in [-0.3, -0.25) is 9.69 Å². The van der Waals surface area contributed by atoms with Crippen LogP contribution in [0.2, 0.25) is 0 Å². The fraction of sp³-hybridized carbons (Fsp3) is 0.900. The van der Waals surface area contributed by atoms with Gasteiger partial charge in [-0.05, 0) is 35.0 Å². The first-order valence-electron chi connectivity index (χ1n) is 4.99. The Bertz CT molecular complexity index is 180. The molecule has 84 valence electrons. The third-order valence-electron chi connectivity index (χ3n) is 2.40. The van der Waals surface area contributed by atoms with Gasteiger partial charge >= 0.3 is 0 Å². The Kier molecular flexibility index (Phi) is 5.72. The Balaban J connectivity index is 4.30. The molecule has 0 aliphatic carbocycles. The maximum absolute atomic E-state index is 10.9. The number of nitrogens with zero attached hydrogens (tertiary/aromatic N) is 2. The number of nitrogens with two attached hydrogens (primary N) is 1. The van der Waals surface area contributed by atoms with Crippen LogP contribution >= 0.6 is 0 Å². The smallest absolute Gasteiger partial charge is 0.219 e. The van der Waals surface area contributed by atoms with Crippen molar-refractivity contribution in [2.24, 2.45) is 5.73 Å². The van der Waals surface area contributed by atoms with Gasteiger partial charge in [0.1, 0.15) is 0 Å². The Morgan fingerprint density at radius 2 is 1.79 bits per heavy atom. The first-order valence-corrected chi connectivity index (χ1v) is 4.99. The maximum Gasteiger partial charge on any atom is 0.219 e. The summed E-state index contributed by atoms with van der Waals surface area (Å²) in [4.78, 5) is 15.2. The molecular weight excluding hydrogens is 178 g/mol. The van der Waals surface area contributed by atoms with Crippen LogP contribution in [-0.2, 0) is 4.79 Å². The zero-order valence-electron chi connectivity index (χ0n) is 9.95. The van der Waals surface area contributed by atoms with Crippen LogP contribution in [0.25, 0.3) is 0 Å². The molecule has 0 aliphatic heterocycles. The van der Waals surface area contributed by atoms with Crippen LogP contribution in [0.3, 0.4) is 0 Å². The van der Waals surface area contributed by atoms with Crippen LogP contribution in [-0.4, -0.2) is 55.5 Å². The molecular formula is C10H23N3O. The molecule has 1 unspecified atom stereocenters. The topological polar surface area (TPSA) is 49.6 Å². The molecule has 14 heavy (non-hydrogen) atoms. The molecule has 1 amide bonds. The highest BCUT2D eigenvalue weighted by molar-refractivity contribution is 5.74. The lowest BCUT2D eigenvalue weighted by Gasteiger charge is -2.32. The summed E-state index contributed by atoms with van der Waals surface area (Å²) in [5.41, 5.74) is 5.22. The summed E-state index contributed by atoms with van der Waals surface area (Å²) >= 11 is 0. The van der Waals surface area contributed by atoms with Crippen molar-refractivity contribution in [1.82, 2.24) is 9.80 Å². The normalized spacial score (nSPS) is 14.0. The van der Waals surface area contributed by atoms with Gasteiger partial charge in [-0.1, -0.05) is 0 Å². The minimum absolute atomic E-state index is 0.211. The van der Waals surface area contributed by atoms with E-state index in [1.54, 1.807) is 0 Å². The van der Waals surface area contributed by atoms with Crippen LogP contribution in [0.15, 0.2) is 0 Å². The molecule has 4 heteroatoms. The molecule has 0 aromatic heterocycles. The second kappa shape index (κ2) is 5.98. The summed E-state index contributed by atoms with van der Waals surface area (Å²) in [5.74, 6) is -0.232. The van der Waals surface area contributed by atoms with Crippen molar-refractivity contribution in [1.29, 1.82) is 0 Å². The van der Waals surface area contributed by atoms with Gasteiger partial charge in [-0.15, -0.1) is 0 Å². The minimum atomic E-state index is -0.232. The summed E-state index contributed by atoms with van der Waals surface area (Å²) in [7, 11) is 6.03. The third-order valence-corrected chi connectivity index (χ3v) is 2.40. The van der Waals surface area contributed by atoms with Gasteiger partial charge in [0.25, 0.3) is 0 Å². The fourth-order valence-corrected chi connectivity index (χ4v) is 1.41. The van der Waals surface area contributed by atoms with Crippen molar-refractivity contribution in [3.05, 3.63) is 0 Å². The van der Waals surface area contributed by atoms with Gasteiger partial charge in [0, 0.05) is 25.0 Å². The van der Waals surface area contributed by atoms with Gasteiger partial charge in [-0.25, -0.2) is 0 Å². The first-order chi connectivity index (χ1) is 6.34. The quantitative estimate of drug-likeness (QED) is 0.664. The second-order valence-corrected chi connectivity index (χ2v) is 4.35. The fourth-order valence-electron chi connectivity index (χ4n) is 1.41. The lowest BCUT2D eigenvalue weighted by molar-refractivity contribution is -0.119. The van der Waals surface area contributed by atoms with Crippen molar-refractivity contribution in [3.8, 4) is 0 Å². The summed E-state index contributed by atoms with van der Waals surface area (Å²) in [5, 5.41) is 0. The molecule has 0 radical (unpaired) electrons. The minimum Gasteiger partial charge on any atom is -0.370 e. The Labute approximate surface area is 87.0 Å². The molecule has 0 bridgehead atoms. The zero-order chi connectivity index (χ0) is 11.3. The number of carbonyl (C=O) groups excluding carboxylic acids is 1. The van der Waals surface area contributed by atoms with Gasteiger partial charge < -0.3 is 10.6 Å². The van der Waals surface area contributed by atoms with E-state index in [9.17, 15) is 4.79 Å². The first kappa shape index (κ1) is 13.4. The molecule has 0 fully saturated rings. The van der Waals surface area contributed by atoms with Gasteiger partial charge in [0.05, 0.1) is 0 Å². The predicted molar refractivity (Wildman–Crippen MR) is 59.1 cm³/mol. The van der Waals surface area contributed by atoms with Crippen molar-refractivity contribution in [3.63, 3.8) is 0 Å². The summed E-state index contributed by atoms with van der Waals surface area (Å²) in [6, 6.07) is 0.641. The Hall–Kier alpha value is -0.610. The van der Waals surface area contributed by atoms with E-state index in [0.717, 1.165) is 6.54 Å². The lowest BCUT2D eigenvalue weighted by Crippen LogP contribution is -2.45. The Morgan fingerprint density at radius 1 is 1.29 bits per heavy atom. The number of hydrogen-bond acceptors (Lipinski definition) is 3. The van der Waals surface area contributed by atoms with E-state index in [1.807, 2.05) is 21.1 Å². The zero-order valence-corrected chi connectivity index (χ0v) is 9.95. The van der Waals surface area contributed by atoms with Crippen molar-refractivity contribution >= 4 is 5.91 Å². The molecule has 0 spiro atoms. The van der Waals surface area contributed by atoms with E-state index in [2.05, 4.69) is 23.6 Å². The number of primary amides is 1. The lowest BCUT2D eigenvalue weighted by atomic mass is 10.1. The number of likely N-dealkylation sites (N-methyl/N-ethyl adjacent to an activating group) is 2. The highest BCUT2D eigenvalue weighted by Gasteiger charge is 2.19. The van der Waals surface area contributed by atoms with Crippen LogP contribution in [0, 0.1) is 0 Å². The molecule has 0 aromatic carbocycles. The molecule has 4 nitrogen and oxygen atoms in total. The number of amides is 1. The largest absolute Gasteiger partial charge is 0.370 e. The number of rotatable bonds is 6. The van der Waals surface area contributed by atoms with Gasteiger partial charge in [-0.2, -0.15) is 0 Å². The van der Waals surface area contributed by atoms with E-state index < -0.39 is 0 Å². The molecule has 0 heterocycles. The van der Waals surface area contributed by atoms with E-state index in [1.165, 1.54) is 0 Å². The van der Waals surface area contributed by atoms with Crippen molar-refractivity contribution in [2.75, 3.05) is 27.7 Å². The second-order valence-electron chi connectivity index (χ2n) is 4.35. The number of hydrogen-bond donors (Lipinski definition) is 1. The molecule has 0 aliphatic rings. The van der Waals surface area contributed by atoms with E-state index in [0.29, 0.717) is 12.5 Å². The summed E-state index contributed by atoms with van der Waals surface area (Å²) in [6.45, 7) is 5.09. The standard InChI is InChI=1S/C10H23N3O/c1-8(2)13(5)9(6-10(11)14)7-12(3)4/h8-9H,6-7H2,1-5H3,(H2,11,14). The molecule has 0 saturated carbocycles. The van der Waals surface area contributed by atoms with Crippen molar-refractivity contribution < 1.29 is 4.79 Å². The molecule has 2 N–H and O–H groups in total. The Morgan fingerprint density at radius 3 is 2.07 bits per heavy atom. The average molecular weight is 201 g/mol. The van der Waals surface area contributed by atoms with E-state index >= 15 is 0 Å². The molecule has 0 aromatic rings. The maximum atomic E-state index is 10.9. The van der Waals surface area contributed by atoms with Crippen LogP contribution in [0.5, 0.6) is 0 Å². The summed E-state index contributed by atoms with van der Waals surface area (Å²) < 4.78 is 0. The van der Waals surface area contributed by atoms with Gasteiger partial charge in [0.2, 0.25) is 5.91 Å². The van der Waals surface area contributed by atoms with Gasteiger partial charge in [0.15, 0.2) is 0 Å². The monoisotopic (exact) mass is 201 g/mol. The average Bonchev–Trinajstić information content (AvgIpc) is 1.99. The van der Waals surface area contributed by atoms with Crippen LogP contribution < -0.4 is 5.73 Å². The predicted octanol–water partition coefficient (Wildman–Crippen LogP) is 0.132. The highest BCUT2D eigenvalue weighted by atomic mass is 16.1. The van der Waals surface area contributed by atoms with Crippen LogP contribution in [0.4, 0.5) is 0 Å². The SMILES string of the molecule is CC(C)N(C)C(CC(N)=O)CN(C)C. The third kappa shape index (κ3) is 5.19. The van der Waals surface area contributed by atoms with E-state index in [4.69, 9.17) is 5.73 Å². The van der Waals surface area contributed by atoms with Crippen molar-refractivity contribution in [2.45, 2.75) is 32.4 Å². The summed E-state index contributed by atoms with van der Waals surface area (Å²) in [6.07, 6.45) is 0.423. The number of carbonyl (C=O) groups is 1. The molecule has 1 atom stereocenters.